The highest BCUT2D eigenvalue weighted by molar-refractivity contribution is 6.08. The summed E-state index contributed by atoms with van der Waals surface area (Å²) in [6.07, 6.45) is 4.98. The SMILES string of the molecule is O=C(CN1CCCc2cc(F)cc(F)c21)NN1C(=O)NC2(CCCCC2)C1=O. The summed E-state index contributed by atoms with van der Waals surface area (Å²) < 4.78 is 27.7. The van der Waals surface area contributed by atoms with Gasteiger partial charge in [0.15, 0.2) is 0 Å². The van der Waals surface area contributed by atoms with Gasteiger partial charge in [0.2, 0.25) is 0 Å². The molecule has 28 heavy (non-hydrogen) atoms. The fourth-order valence-electron chi connectivity index (χ4n) is 4.44. The first-order chi connectivity index (χ1) is 13.4. The lowest BCUT2D eigenvalue weighted by Crippen LogP contribution is -2.52. The number of hydrogen-bond donors (Lipinski definition) is 2. The second kappa shape index (κ2) is 7.03. The van der Waals surface area contributed by atoms with Crippen LogP contribution in [0.1, 0.15) is 44.1 Å². The van der Waals surface area contributed by atoms with Crippen molar-refractivity contribution in [1.29, 1.82) is 0 Å². The van der Waals surface area contributed by atoms with Crippen molar-refractivity contribution in [3.63, 3.8) is 0 Å². The molecule has 150 valence electrons. The first-order valence-corrected chi connectivity index (χ1v) is 9.59. The first-order valence-electron chi connectivity index (χ1n) is 9.59. The summed E-state index contributed by atoms with van der Waals surface area (Å²) in [5.74, 6) is -2.43. The maximum absolute atomic E-state index is 14.3. The minimum Gasteiger partial charge on any atom is -0.360 e. The summed E-state index contributed by atoms with van der Waals surface area (Å²) in [7, 11) is 0. The van der Waals surface area contributed by atoms with Gasteiger partial charge in [0.25, 0.3) is 11.8 Å². The minimum absolute atomic E-state index is 0.198. The molecule has 4 amide bonds. The molecule has 0 aromatic heterocycles. The van der Waals surface area contributed by atoms with Crippen molar-refractivity contribution in [2.24, 2.45) is 0 Å². The van der Waals surface area contributed by atoms with Gasteiger partial charge in [-0.05, 0) is 37.3 Å². The van der Waals surface area contributed by atoms with Gasteiger partial charge in [0.1, 0.15) is 17.2 Å². The summed E-state index contributed by atoms with van der Waals surface area (Å²) in [4.78, 5) is 39.0. The lowest BCUT2D eigenvalue weighted by molar-refractivity contribution is -0.139. The minimum atomic E-state index is -0.927. The molecular formula is C19H22F2N4O3. The summed E-state index contributed by atoms with van der Waals surface area (Å²) >= 11 is 0. The van der Waals surface area contributed by atoms with E-state index in [1.54, 1.807) is 0 Å². The van der Waals surface area contributed by atoms with Crippen molar-refractivity contribution in [3.05, 3.63) is 29.3 Å². The molecule has 7 nitrogen and oxygen atoms in total. The van der Waals surface area contributed by atoms with Crippen LogP contribution in [-0.2, 0) is 16.0 Å². The van der Waals surface area contributed by atoms with Crippen LogP contribution in [0.5, 0.6) is 0 Å². The average molecular weight is 392 g/mol. The van der Waals surface area contributed by atoms with Crippen LogP contribution in [0, 0.1) is 11.6 Å². The zero-order chi connectivity index (χ0) is 19.9. The van der Waals surface area contributed by atoms with Crippen molar-refractivity contribution < 1.29 is 23.2 Å². The molecule has 0 radical (unpaired) electrons. The Hall–Kier alpha value is -2.71. The van der Waals surface area contributed by atoms with Crippen molar-refractivity contribution in [3.8, 4) is 0 Å². The summed E-state index contributed by atoms with van der Waals surface area (Å²) in [5.41, 5.74) is 2.13. The Labute approximate surface area is 161 Å². The van der Waals surface area contributed by atoms with Crippen LogP contribution < -0.4 is 15.6 Å². The predicted octanol–water partition coefficient (Wildman–Crippen LogP) is 2.00. The quantitative estimate of drug-likeness (QED) is 0.771. The molecule has 1 aliphatic carbocycles. The Morgan fingerprint density at radius 3 is 2.64 bits per heavy atom. The van der Waals surface area contributed by atoms with Gasteiger partial charge >= 0.3 is 6.03 Å². The number of hydrogen-bond acceptors (Lipinski definition) is 4. The van der Waals surface area contributed by atoms with E-state index in [1.165, 1.54) is 11.0 Å². The van der Waals surface area contributed by atoms with Crippen LogP contribution in [0.25, 0.3) is 0 Å². The highest BCUT2D eigenvalue weighted by Gasteiger charge is 2.52. The number of benzene rings is 1. The number of fused-ring (bicyclic) bond motifs is 1. The average Bonchev–Trinajstić information content (AvgIpc) is 2.86. The molecule has 0 bridgehead atoms. The van der Waals surface area contributed by atoms with Gasteiger partial charge in [0.05, 0.1) is 12.2 Å². The Kier molecular flexibility index (Phi) is 4.68. The van der Waals surface area contributed by atoms with E-state index >= 15 is 0 Å². The molecule has 0 atom stereocenters. The molecule has 1 saturated carbocycles. The second-order valence-electron chi connectivity index (χ2n) is 7.67. The number of amides is 4. The summed E-state index contributed by atoms with van der Waals surface area (Å²) in [5, 5.41) is 3.45. The third-order valence-corrected chi connectivity index (χ3v) is 5.74. The van der Waals surface area contributed by atoms with Crippen molar-refractivity contribution in [2.45, 2.75) is 50.5 Å². The predicted molar refractivity (Wildman–Crippen MR) is 96.2 cm³/mol. The number of nitrogens with one attached hydrogen (secondary N) is 2. The normalized spacial score (nSPS) is 20.9. The highest BCUT2D eigenvalue weighted by Crippen LogP contribution is 2.33. The molecule has 1 aromatic rings. The maximum atomic E-state index is 14.3. The third kappa shape index (κ3) is 3.18. The van der Waals surface area contributed by atoms with Crippen LogP contribution >= 0.6 is 0 Å². The molecule has 2 aliphatic heterocycles. The Morgan fingerprint density at radius 1 is 1.14 bits per heavy atom. The molecule has 1 aromatic carbocycles. The standard InChI is InChI=1S/C19H22F2N4O3/c20-13-9-12-5-4-8-24(16(12)14(21)10-13)11-15(26)23-25-17(27)19(22-18(25)28)6-2-1-3-7-19/h9-10H,1-8,11H2,(H,22,28)(H,23,26). The van der Waals surface area contributed by atoms with Gasteiger partial charge in [-0.3, -0.25) is 15.0 Å². The number of carbonyl (C=O) groups is 3. The molecular weight excluding hydrogens is 370 g/mol. The van der Waals surface area contributed by atoms with E-state index in [9.17, 15) is 23.2 Å². The summed E-state index contributed by atoms with van der Waals surface area (Å²) in [6, 6.07) is 1.42. The highest BCUT2D eigenvalue weighted by atomic mass is 19.1. The largest absolute Gasteiger partial charge is 0.360 e. The number of aryl methyl sites for hydroxylation is 1. The number of imide groups is 1. The molecule has 2 N–H and O–H groups in total. The monoisotopic (exact) mass is 392 g/mol. The summed E-state index contributed by atoms with van der Waals surface area (Å²) in [6.45, 7) is 0.187. The van der Waals surface area contributed by atoms with Crippen molar-refractivity contribution >= 4 is 23.5 Å². The lowest BCUT2D eigenvalue weighted by atomic mass is 9.82. The number of hydrazine groups is 1. The number of rotatable bonds is 3. The first kappa shape index (κ1) is 18.6. The fourth-order valence-corrected chi connectivity index (χ4v) is 4.44. The van der Waals surface area contributed by atoms with Crippen molar-refractivity contribution in [2.75, 3.05) is 18.0 Å². The zero-order valence-electron chi connectivity index (χ0n) is 15.4. The van der Waals surface area contributed by atoms with Crippen LogP contribution in [-0.4, -0.2) is 41.5 Å². The number of nitrogens with zero attached hydrogens (tertiary/aromatic N) is 2. The van der Waals surface area contributed by atoms with E-state index < -0.39 is 35.0 Å². The Bertz CT molecular complexity index is 839. The van der Waals surface area contributed by atoms with Gasteiger partial charge in [-0.2, -0.15) is 5.01 Å². The van der Waals surface area contributed by atoms with E-state index in [0.29, 0.717) is 37.8 Å². The topological polar surface area (TPSA) is 81.8 Å². The zero-order valence-corrected chi connectivity index (χ0v) is 15.4. The maximum Gasteiger partial charge on any atom is 0.344 e. The van der Waals surface area contributed by atoms with E-state index in [2.05, 4.69) is 10.7 Å². The lowest BCUT2D eigenvalue weighted by Gasteiger charge is -2.32. The van der Waals surface area contributed by atoms with Gasteiger partial charge in [-0.25, -0.2) is 13.6 Å². The number of anilines is 1. The fraction of sp³-hybridized carbons (Fsp3) is 0.526. The number of halogens is 2. The van der Waals surface area contributed by atoms with Gasteiger partial charge in [-0.1, -0.05) is 19.3 Å². The smallest absolute Gasteiger partial charge is 0.344 e. The molecule has 2 fully saturated rings. The Balaban J connectivity index is 1.46. The molecule has 9 heteroatoms. The molecule has 1 spiro atoms. The van der Waals surface area contributed by atoms with Gasteiger partial charge in [0, 0.05) is 12.6 Å². The molecule has 3 aliphatic rings. The second-order valence-corrected chi connectivity index (χ2v) is 7.67. The van der Waals surface area contributed by atoms with E-state index in [0.717, 1.165) is 30.3 Å². The van der Waals surface area contributed by atoms with E-state index in [4.69, 9.17) is 0 Å². The van der Waals surface area contributed by atoms with Crippen LogP contribution in [0.2, 0.25) is 0 Å². The number of urea groups is 1. The van der Waals surface area contributed by atoms with E-state index in [-0.39, 0.29) is 12.2 Å². The van der Waals surface area contributed by atoms with Crippen LogP contribution in [0.15, 0.2) is 12.1 Å². The van der Waals surface area contributed by atoms with Crippen LogP contribution in [0.4, 0.5) is 19.3 Å². The molecule has 4 rings (SSSR count). The van der Waals surface area contributed by atoms with Crippen LogP contribution in [0.3, 0.4) is 0 Å². The van der Waals surface area contributed by atoms with E-state index in [1.807, 2.05) is 0 Å². The molecule has 0 unspecified atom stereocenters. The molecule has 2 heterocycles. The number of carbonyl (C=O) groups excluding carboxylic acids is 3. The van der Waals surface area contributed by atoms with Gasteiger partial charge in [-0.15, -0.1) is 0 Å². The molecule has 1 saturated heterocycles. The van der Waals surface area contributed by atoms with Crippen molar-refractivity contribution in [1.82, 2.24) is 15.8 Å². The third-order valence-electron chi connectivity index (χ3n) is 5.74. The Morgan fingerprint density at radius 2 is 1.89 bits per heavy atom. The van der Waals surface area contributed by atoms with Gasteiger partial charge < -0.3 is 10.2 Å².